The van der Waals surface area contributed by atoms with Gasteiger partial charge in [-0.1, -0.05) is 12.2 Å². The summed E-state index contributed by atoms with van der Waals surface area (Å²) in [5, 5.41) is 0. The van der Waals surface area contributed by atoms with E-state index < -0.39 is 71.5 Å². The van der Waals surface area contributed by atoms with Crippen LogP contribution in [-0.4, -0.2) is 43.9 Å². The maximum Gasteiger partial charge on any atom is 0.421 e. The molecule has 4 unspecified atom stereocenters. The SMILES string of the molecule is C=CCOC1CCC(OCC(F)(F)Oc2cc(F)c(C3CCC(C4CC=C(C(F)(F)F)CC4)C(F)C3)c(F)c2)CC1. The van der Waals surface area contributed by atoms with Gasteiger partial charge in [0, 0.05) is 23.3 Å². The predicted octanol–water partition coefficient (Wildman–Crippen LogP) is 8.98. The minimum Gasteiger partial charge on any atom is -0.431 e. The number of benzene rings is 1. The summed E-state index contributed by atoms with van der Waals surface area (Å²) in [6.45, 7) is 2.91. The van der Waals surface area contributed by atoms with Crippen LogP contribution in [0.15, 0.2) is 36.4 Å². The maximum atomic E-state index is 15.1. The first kappa shape index (κ1) is 31.8. The number of halogens is 8. The van der Waals surface area contributed by atoms with E-state index in [0.717, 1.165) is 6.08 Å². The van der Waals surface area contributed by atoms with Gasteiger partial charge in [0.15, 0.2) is 6.61 Å². The second kappa shape index (κ2) is 13.4. The number of hydrogen-bond acceptors (Lipinski definition) is 3. The molecule has 1 aromatic rings. The highest BCUT2D eigenvalue weighted by atomic mass is 19.4. The zero-order valence-corrected chi connectivity index (χ0v) is 22.7. The van der Waals surface area contributed by atoms with Crippen molar-refractivity contribution >= 4 is 0 Å². The number of hydrogen-bond donors (Lipinski definition) is 0. The molecule has 1 aromatic carbocycles. The first-order valence-electron chi connectivity index (χ1n) is 14.2. The third-order valence-corrected chi connectivity index (χ3v) is 8.53. The molecule has 0 spiro atoms. The normalized spacial score (nSPS) is 29.6. The van der Waals surface area contributed by atoms with Crippen molar-refractivity contribution in [3.05, 3.63) is 53.6 Å². The molecule has 0 saturated heterocycles. The quantitative estimate of drug-likeness (QED) is 0.199. The van der Waals surface area contributed by atoms with Gasteiger partial charge in [-0.05, 0) is 82.0 Å². The highest BCUT2D eigenvalue weighted by Gasteiger charge is 2.41. The van der Waals surface area contributed by atoms with Crippen molar-refractivity contribution < 1.29 is 49.3 Å². The van der Waals surface area contributed by atoms with Gasteiger partial charge in [0.1, 0.15) is 23.6 Å². The van der Waals surface area contributed by atoms with Crippen LogP contribution < -0.4 is 4.74 Å². The van der Waals surface area contributed by atoms with Crippen LogP contribution >= 0.6 is 0 Å². The van der Waals surface area contributed by atoms with Crippen molar-refractivity contribution in [1.29, 1.82) is 0 Å². The fraction of sp³-hybridized carbons (Fsp3) is 0.667. The zero-order chi connectivity index (χ0) is 29.8. The Morgan fingerprint density at radius 2 is 1.51 bits per heavy atom. The van der Waals surface area contributed by atoms with Crippen LogP contribution in [0.5, 0.6) is 5.75 Å². The third kappa shape index (κ3) is 8.46. The number of rotatable bonds is 10. The summed E-state index contributed by atoms with van der Waals surface area (Å²) in [4.78, 5) is 0. The first-order chi connectivity index (χ1) is 19.4. The van der Waals surface area contributed by atoms with E-state index in [9.17, 15) is 30.7 Å². The molecule has 230 valence electrons. The van der Waals surface area contributed by atoms with Crippen LogP contribution in [0.1, 0.15) is 75.7 Å². The summed E-state index contributed by atoms with van der Waals surface area (Å²) >= 11 is 0. The lowest BCUT2D eigenvalue weighted by Crippen LogP contribution is -2.35. The molecule has 3 aliphatic rings. The highest BCUT2D eigenvalue weighted by Crippen LogP contribution is 2.47. The Morgan fingerprint density at radius 3 is 2.05 bits per heavy atom. The van der Waals surface area contributed by atoms with E-state index >= 15 is 4.39 Å². The lowest BCUT2D eigenvalue weighted by Gasteiger charge is -2.38. The fourth-order valence-corrected chi connectivity index (χ4v) is 6.43. The van der Waals surface area contributed by atoms with Crippen molar-refractivity contribution in [2.24, 2.45) is 11.8 Å². The van der Waals surface area contributed by atoms with Crippen molar-refractivity contribution in [2.75, 3.05) is 13.2 Å². The molecule has 3 nitrogen and oxygen atoms in total. The summed E-state index contributed by atoms with van der Waals surface area (Å²) in [7, 11) is 0. The van der Waals surface area contributed by atoms with Gasteiger partial charge in [-0.15, -0.1) is 6.58 Å². The molecule has 0 aromatic heterocycles. The van der Waals surface area contributed by atoms with Crippen LogP contribution in [-0.2, 0) is 9.47 Å². The van der Waals surface area contributed by atoms with E-state index in [0.29, 0.717) is 44.4 Å². The smallest absolute Gasteiger partial charge is 0.421 e. The van der Waals surface area contributed by atoms with E-state index in [1.165, 1.54) is 0 Å². The van der Waals surface area contributed by atoms with Gasteiger partial charge in [0.05, 0.1) is 18.8 Å². The van der Waals surface area contributed by atoms with Crippen LogP contribution in [0.2, 0.25) is 0 Å². The molecule has 0 heterocycles. The third-order valence-electron chi connectivity index (χ3n) is 8.53. The summed E-state index contributed by atoms with van der Waals surface area (Å²) in [5.41, 5.74) is -0.991. The predicted molar refractivity (Wildman–Crippen MR) is 137 cm³/mol. The van der Waals surface area contributed by atoms with Gasteiger partial charge in [-0.3, -0.25) is 0 Å². The molecule has 41 heavy (non-hydrogen) atoms. The molecule has 4 rings (SSSR count). The Hall–Kier alpha value is -2.14. The van der Waals surface area contributed by atoms with Crippen LogP contribution in [0.4, 0.5) is 35.1 Å². The van der Waals surface area contributed by atoms with E-state index in [4.69, 9.17) is 9.47 Å². The summed E-state index contributed by atoms with van der Waals surface area (Å²) in [5.74, 6) is -4.53. The Morgan fingerprint density at radius 1 is 0.878 bits per heavy atom. The summed E-state index contributed by atoms with van der Waals surface area (Å²) < 4.78 is 128. The second-order valence-corrected chi connectivity index (χ2v) is 11.3. The van der Waals surface area contributed by atoms with Gasteiger partial charge in [-0.2, -0.15) is 22.0 Å². The minimum absolute atomic E-state index is 0.0210. The molecule has 0 aliphatic heterocycles. The molecule has 11 heteroatoms. The molecule has 0 bridgehead atoms. The van der Waals surface area contributed by atoms with E-state index in [1.807, 2.05) is 0 Å². The minimum atomic E-state index is -4.39. The molecule has 4 atom stereocenters. The van der Waals surface area contributed by atoms with Crippen molar-refractivity contribution in [3.63, 3.8) is 0 Å². The number of allylic oxidation sites excluding steroid dienone is 2. The van der Waals surface area contributed by atoms with Crippen molar-refractivity contribution in [3.8, 4) is 5.75 Å². The largest absolute Gasteiger partial charge is 0.431 e. The maximum absolute atomic E-state index is 15.1. The molecular formula is C30H36F8O3. The number of ether oxygens (including phenoxy) is 3. The Kier molecular flexibility index (Phi) is 10.4. The average Bonchev–Trinajstić information content (AvgIpc) is 2.90. The molecule has 2 saturated carbocycles. The van der Waals surface area contributed by atoms with Crippen LogP contribution in [0, 0.1) is 23.5 Å². The van der Waals surface area contributed by atoms with E-state index in [2.05, 4.69) is 11.3 Å². The van der Waals surface area contributed by atoms with E-state index in [-0.39, 0.29) is 50.5 Å². The van der Waals surface area contributed by atoms with Crippen molar-refractivity contribution in [2.45, 2.75) is 101 Å². The molecular weight excluding hydrogens is 560 g/mol. The Labute approximate surface area is 234 Å². The van der Waals surface area contributed by atoms with Gasteiger partial charge >= 0.3 is 12.3 Å². The topological polar surface area (TPSA) is 27.7 Å². The standard InChI is InChI=1S/C30H36F8O3/c1-2-13-39-21-8-10-22(11-9-21)40-17-29(34,35)41-23-15-26(32)28(27(33)16-23)19-5-12-24(25(31)14-19)18-3-6-20(7-4-18)30(36,37)38/h2,6,15-16,18-19,21-22,24-25H,1,3-5,7-14,17H2. The monoisotopic (exact) mass is 596 g/mol. The highest BCUT2D eigenvalue weighted by molar-refractivity contribution is 5.33. The lowest BCUT2D eigenvalue weighted by atomic mass is 9.69. The second-order valence-electron chi connectivity index (χ2n) is 11.3. The molecule has 0 radical (unpaired) electrons. The van der Waals surface area contributed by atoms with Crippen molar-refractivity contribution in [1.82, 2.24) is 0 Å². The Bertz CT molecular complexity index is 1040. The zero-order valence-electron chi connectivity index (χ0n) is 22.7. The first-order valence-corrected chi connectivity index (χ1v) is 14.2. The van der Waals surface area contributed by atoms with Gasteiger partial charge in [-0.25, -0.2) is 13.2 Å². The average molecular weight is 597 g/mol. The molecule has 3 aliphatic carbocycles. The summed E-state index contributed by atoms with van der Waals surface area (Å²) in [6, 6.07) is 1.33. The van der Waals surface area contributed by atoms with Gasteiger partial charge < -0.3 is 14.2 Å². The molecule has 0 N–H and O–H groups in total. The Balaban J connectivity index is 1.30. The van der Waals surface area contributed by atoms with Crippen LogP contribution in [0.3, 0.4) is 0 Å². The van der Waals surface area contributed by atoms with Gasteiger partial charge in [0.25, 0.3) is 0 Å². The number of alkyl halides is 6. The van der Waals surface area contributed by atoms with Crippen LogP contribution in [0.25, 0.3) is 0 Å². The fourth-order valence-electron chi connectivity index (χ4n) is 6.43. The lowest BCUT2D eigenvalue weighted by molar-refractivity contribution is -0.223. The van der Waals surface area contributed by atoms with E-state index in [1.54, 1.807) is 6.08 Å². The van der Waals surface area contributed by atoms with Gasteiger partial charge in [0.2, 0.25) is 0 Å². The summed E-state index contributed by atoms with van der Waals surface area (Å²) in [6.07, 6.45) is -4.49. The molecule has 0 amide bonds. The molecule has 2 fully saturated rings.